The molecule has 1 rings (SSSR count). The van der Waals surface area contributed by atoms with Crippen molar-refractivity contribution >= 4 is 17.9 Å². The number of pyridine rings is 1. The van der Waals surface area contributed by atoms with E-state index >= 15 is 0 Å². The van der Waals surface area contributed by atoms with E-state index in [1.54, 1.807) is 12.1 Å². The van der Waals surface area contributed by atoms with E-state index in [9.17, 15) is 4.79 Å². The van der Waals surface area contributed by atoms with Gasteiger partial charge in [0.25, 0.3) is 0 Å². The van der Waals surface area contributed by atoms with Gasteiger partial charge in [0.2, 0.25) is 0 Å². The van der Waals surface area contributed by atoms with Crippen molar-refractivity contribution in [3.05, 3.63) is 29.0 Å². The maximum Gasteiger partial charge on any atom is 0.169 e. The quantitative estimate of drug-likeness (QED) is 0.556. The van der Waals surface area contributed by atoms with Gasteiger partial charge in [-0.3, -0.25) is 9.78 Å². The molecule has 0 aromatic carbocycles. The number of nitrogens with zero attached hydrogens (tertiary/aromatic N) is 1. The zero-order valence-corrected chi connectivity index (χ0v) is 5.30. The molecule has 0 amide bonds. The first kappa shape index (κ1) is 6.23. The summed E-state index contributed by atoms with van der Waals surface area (Å²) in [6, 6.07) is 3.30. The largest absolute Gasteiger partial charge is 0.296 e. The Morgan fingerprint density at radius 3 is 2.89 bits per heavy atom. The van der Waals surface area contributed by atoms with Crippen molar-refractivity contribution in [2.24, 2.45) is 0 Å². The lowest BCUT2D eigenvalue weighted by Crippen LogP contribution is -1.84. The average molecular weight is 142 g/mol. The minimum absolute atomic E-state index is 0.291. The van der Waals surface area contributed by atoms with Crippen molar-refractivity contribution in [3.8, 4) is 0 Å². The van der Waals surface area contributed by atoms with Crippen molar-refractivity contribution in [3.63, 3.8) is 0 Å². The van der Waals surface area contributed by atoms with Gasteiger partial charge in [-0.1, -0.05) is 11.6 Å². The van der Waals surface area contributed by atoms with Crippen LogP contribution in [0.1, 0.15) is 10.5 Å². The summed E-state index contributed by atoms with van der Waals surface area (Å²) in [5.74, 6) is 0. The van der Waals surface area contributed by atoms with Crippen molar-refractivity contribution in [2.45, 2.75) is 0 Å². The smallest absolute Gasteiger partial charge is 0.169 e. The highest BCUT2D eigenvalue weighted by atomic mass is 35.5. The van der Waals surface area contributed by atoms with E-state index < -0.39 is 0 Å². The van der Waals surface area contributed by atoms with Crippen LogP contribution in [0.25, 0.3) is 0 Å². The van der Waals surface area contributed by atoms with E-state index in [1.165, 1.54) is 6.20 Å². The average Bonchev–Trinajstić information content (AvgIpc) is 1.89. The molecule has 0 aliphatic rings. The Hall–Kier alpha value is -0.890. The van der Waals surface area contributed by atoms with Crippen LogP contribution in [0, 0.1) is 0 Å². The molecule has 0 radical (unpaired) electrons. The number of hydrogen-bond acceptors (Lipinski definition) is 2. The van der Waals surface area contributed by atoms with Crippen LogP contribution >= 0.6 is 11.6 Å². The standard InChI is InChI=1S/C6H4ClNO/c7-5-2-1-3-8-6(5)4-9/h1-4H. The van der Waals surface area contributed by atoms with Gasteiger partial charge in [0.05, 0.1) is 5.02 Å². The Kier molecular flexibility index (Phi) is 1.80. The van der Waals surface area contributed by atoms with Crippen LogP contribution in [0.3, 0.4) is 0 Å². The molecule has 0 spiro atoms. The summed E-state index contributed by atoms with van der Waals surface area (Å²) in [4.78, 5) is 13.8. The number of carbonyl (C=O) groups excluding carboxylic acids is 1. The Morgan fingerprint density at radius 2 is 2.44 bits per heavy atom. The molecule has 9 heavy (non-hydrogen) atoms. The number of carbonyl (C=O) groups is 1. The molecule has 0 aliphatic carbocycles. The molecule has 1 aromatic rings. The number of rotatable bonds is 1. The van der Waals surface area contributed by atoms with E-state index in [-0.39, 0.29) is 0 Å². The van der Waals surface area contributed by atoms with Crippen molar-refractivity contribution in [1.82, 2.24) is 4.98 Å². The fourth-order valence-electron chi connectivity index (χ4n) is 0.485. The zero-order valence-electron chi connectivity index (χ0n) is 4.54. The van der Waals surface area contributed by atoms with Gasteiger partial charge in [-0.05, 0) is 12.1 Å². The number of halogens is 1. The molecule has 0 N–H and O–H groups in total. The highest BCUT2D eigenvalue weighted by molar-refractivity contribution is 6.32. The summed E-state index contributed by atoms with van der Waals surface area (Å²) < 4.78 is 0. The third-order valence-electron chi connectivity index (χ3n) is 0.899. The highest BCUT2D eigenvalue weighted by Crippen LogP contribution is 2.08. The third kappa shape index (κ3) is 1.27. The molecule has 1 heterocycles. The molecule has 46 valence electrons. The molecular formula is C6H4ClNO. The van der Waals surface area contributed by atoms with Gasteiger partial charge in [-0.2, -0.15) is 0 Å². The fourth-order valence-corrected chi connectivity index (χ4v) is 0.651. The van der Waals surface area contributed by atoms with Gasteiger partial charge in [-0.25, -0.2) is 0 Å². The second kappa shape index (κ2) is 2.60. The summed E-state index contributed by atoms with van der Waals surface area (Å²) in [5, 5.41) is 0.396. The third-order valence-corrected chi connectivity index (χ3v) is 1.22. The fraction of sp³-hybridized carbons (Fsp3) is 0. The van der Waals surface area contributed by atoms with Crippen LogP contribution in [-0.2, 0) is 0 Å². The molecule has 0 atom stereocenters. The number of aromatic nitrogens is 1. The first-order valence-corrected chi connectivity index (χ1v) is 2.78. The van der Waals surface area contributed by atoms with Crippen LogP contribution in [0.15, 0.2) is 18.3 Å². The molecular weight excluding hydrogens is 138 g/mol. The summed E-state index contributed by atoms with van der Waals surface area (Å²) >= 11 is 5.53. The normalized spacial score (nSPS) is 9.00. The molecule has 0 saturated heterocycles. The Labute approximate surface area is 57.5 Å². The molecule has 0 saturated carbocycles. The van der Waals surface area contributed by atoms with E-state index in [0.29, 0.717) is 17.0 Å². The Bertz CT molecular complexity index is 224. The topological polar surface area (TPSA) is 30.0 Å². The lowest BCUT2D eigenvalue weighted by atomic mass is 10.4. The molecule has 2 nitrogen and oxygen atoms in total. The molecule has 0 bridgehead atoms. The van der Waals surface area contributed by atoms with Crippen LogP contribution in [0.5, 0.6) is 0 Å². The lowest BCUT2D eigenvalue weighted by molar-refractivity contribution is 0.111. The van der Waals surface area contributed by atoms with Gasteiger partial charge in [0, 0.05) is 6.20 Å². The maximum absolute atomic E-state index is 10.1. The monoisotopic (exact) mass is 141 g/mol. The minimum atomic E-state index is 0.291. The van der Waals surface area contributed by atoms with Gasteiger partial charge in [-0.15, -0.1) is 0 Å². The second-order valence-electron chi connectivity index (χ2n) is 1.49. The van der Waals surface area contributed by atoms with Crippen molar-refractivity contribution < 1.29 is 4.79 Å². The number of aldehydes is 1. The van der Waals surface area contributed by atoms with E-state index in [1.807, 2.05) is 0 Å². The van der Waals surface area contributed by atoms with E-state index in [0.717, 1.165) is 0 Å². The SMILES string of the molecule is O=Cc1ncccc1Cl. The molecule has 1 aromatic heterocycles. The molecule has 0 fully saturated rings. The first-order chi connectivity index (χ1) is 4.34. The van der Waals surface area contributed by atoms with Gasteiger partial charge >= 0.3 is 0 Å². The van der Waals surface area contributed by atoms with Crippen LogP contribution < -0.4 is 0 Å². The highest BCUT2D eigenvalue weighted by Gasteiger charge is 1.94. The Morgan fingerprint density at radius 1 is 1.67 bits per heavy atom. The van der Waals surface area contributed by atoms with Gasteiger partial charge in [0.1, 0.15) is 5.69 Å². The van der Waals surface area contributed by atoms with Crippen LogP contribution in [-0.4, -0.2) is 11.3 Å². The van der Waals surface area contributed by atoms with Crippen LogP contribution in [0.2, 0.25) is 5.02 Å². The van der Waals surface area contributed by atoms with E-state index in [4.69, 9.17) is 11.6 Å². The van der Waals surface area contributed by atoms with Gasteiger partial charge < -0.3 is 0 Å². The lowest BCUT2D eigenvalue weighted by Gasteiger charge is -1.89. The summed E-state index contributed by atoms with van der Waals surface area (Å²) in [6.07, 6.45) is 2.15. The zero-order chi connectivity index (χ0) is 6.69. The molecule has 0 unspecified atom stereocenters. The summed E-state index contributed by atoms with van der Waals surface area (Å²) in [6.45, 7) is 0. The first-order valence-electron chi connectivity index (χ1n) is 2.40. The van der Waals surface area contributed by atoms with E-state index in [2.05, 4.69) is 4.98 Å². The van der Waals surface area contributed by atoms with Crippen LogP contribution in [0.4, 0.5) is 0 Å². The van der Waals surface area contributed by atoms with Gasteiger partial charge in [0.15, 0.2) is 6.29 Å². The van der Waals surface area contributed by atoms with Crippen molar-refractivity contribution in [1.29, 1.82) is 0 Å². The maximum atomic E-state index is 10.1. The second-order valence-corrected chi connectivity index (χ2v) is 1.90. The molecule has 3 heteroatoms. The Balaban J connectivity index is 3.15. The number of hydrogen-bond donors (Lipinski definition) is 0. The predicted octanol–water partition coefficient (Wildman–Crippen LogP) is 1.55. The summed E-state index contributed by atoms with van der Waals surface area (Å²) in [5.41, 5.74) is 0.291. The molecule has 0 aliphatic heterocycles. The summed E-state index contributed by atoms with van der Waals surface area (Å²) in [7, 11) is 0. The van der Waals surface area contributed by atoms with Crippen molar-refractivity contribution in [2.75, 3.05) is 0 Å². The minimum Gasteiger partial charge on any atom is -0.296 e. The predicted molar refractivity (Wildman–Crippen MR) is 34.6 cm³/mol.